The number of methoxy groups -OCH3 is 1. The summed E-state index contributed by atoms with van der Waals surface area (Å²) in [7, 11) is 1.64. The highest BCUT2D eigenvalue weighted by molar-refractivity contribution is 7.94. The molecule has 0 aliphatic rings. The van der Waals surface area contributed by atoms with E-state index in [0.717, 1.165) is 16.9 Å². The molecule has 2 nitrogen and oxygen atoms in total. The van der Waals surface area contributed by atoms with Crippen LogP contribution in [0.25, 0.3) is 11.1 Å². The summed E-state index contributed by atoms with van der Waals surface area (Å²) in [6, 6.07) is 15.3. The summed E-state index contributed by atoms with van der Waals surface area (Å²) < 4.78 is 16.8. The van der Waals surface area contributed by atoms with Gasteiger partial charge in [0.15, 0.2) is 6.49 Å². The smallest absolute Gasteiger partial charge is 0.194 e. The van der Waals surface area contributed by atoms with Gasteiger partial charge in [0.1, 0.15) is 5.75 Å². The van der Waals surface area contributed by atoms with Gasteiger partial charge in [0.25, 0.3) is 0 Å². The zero-order valence-corrected chi connectivity index (χ0v) is 11.9. The highest BCUT2D eigenvalue weighted by Gasteiger charge is 2.13. The van der Waals surface area contributed by atoms with Crippen molar-refractivity contribution in [3.63, 3.8) is 0 Å². The maximum absolute atomic E-state index is 11.7. The van der Waals surface area contributed by atoms with Gasteiger partial charge >= 0.3 is 0 Å². The van der Waals surface area contributed by atoms with Crippen LogP contribution >= 0.6 is 17.7 Å². The zero-order chi connectivity index (χ0) is 13.2. The Morgan fingerprint density at radius 3 is 1.78 bits per heavy atom. The third-order valence-corrected chi connectivity index (χ3v) is 4.56. The average molecular weight is 281 g/mol. The lowest BCUT2D eigenvalue weighted by Gasteiger charge is -2.07. The van der Waals surface area contributed by atoms with Crippen LogP contribution in [0.15, 0.2) is 48.5 Å². The molecule has 0 N–H and O–H groups in total. The Balaban J connectivity index is 2.31. The number of benzene rings is 2. The Bertz CT molecular complexity index is 570. The van der Waals surface area contributed by atoms with Crippen molar-refractivity contribution in [1.82, 2.24) is 0 Å². The highest BCUT2D eigenvalue weighted by Crippen LogP contribution is 2.45. The van der Waals surface area contributed by atoms with E-state index in [4.69, 9.17) is 16.0 Å². The van der Waals surface area contributed by atoms with E-state index < -0.39 is 6.49 Å². The Morgan fingerprint density at radius 1 is 0.944 bits per heavy atom. The summed E-state index contributed by atoms with van der Waals surface area (Å²) in [5.41, 5.74) is 2.15. The second-order valence-electron chi connectivity index (χ2n) is 4.10. The molecule has 0 aliphatic carbocycles. The predicted octanol–water partition coefficient (Wildman–Crippen LogP) is 4.13. The lowest BCUT2D eigenvalue weighted by atomic mass is 10.1. The Kier molecular flexibility index (Phi) is 3.79. The van der Waals surface area contributed by atoms with E-state index in [1.165, 1.54) is 0 Å². The van der Waals surface area contributed by atoms with Gasteiger partial charge in [0, 0.05) is 12.0 Å². The summed E-state index contributed by atoms with van der Waals surface area (Å²) in [5.74, 6) is 0.828. The number of halogens is 1. The summed E-state index contributed by atoms with van der Waals surface area (Å²) >= 11 is 5.84. The predicted molar refractivity (Wildman–Crippen MR) is 77.4 cm³/mol. The van der Waals surface area contributed by atoms with E-state index in [0.29, 0.717) is 5.30 Å². The van der Waals surface area contributed by atoms with Crippen LogP contribution in [0.2, 0.25) is 0 Å². The molecule has 0 bridgehead atoms. The van der Waals surface area contributed by atoms with Gasteiger partial charge in [-0.05, 0) is 46.6 Å². The van der Waals surface area contributed by atoms with Crippen molar-refractivity contribution in [3.8, 4) is 16.9 Å². The first-order valence-electron chi connectivity index (χ1n) is 5.53. The van der Waals surface area contributed by atoms with Gasteiger partial charge in [-0.2, -0.15) is 0 Å². The average Bonchev–Trinajstić information content (AvgIpc) is 2.38. The van der Waals surface area contributed by atoms with Crippen molar-refractivity contribution in [1.29, 1.82) is 0 Å². The van der Waals surface area contributed by atoms with Crippen LogP contribution in [-0.4, -0.2) is 13.8 Å². The van der Waals surface area contributed by atoms with Gasteiger partial charge in [-0.1, -0.05) is 24.3 Å². The third kappa shape index (κ3) is 2.95. The molecular weight excluding hydrogens is 267 g/mol. The summed E-state index contributed by atoms with van der Waals surface area (Å²) in [6.45, 7) is -1.14. The van der Waals surface area contributed by atoms with E-state index in [9.17, 15) is 4.57 Å². The summed E-state index contributed by atoms with van der Waals surface area (Å²) in [5, 5.41) is 0.682. The van der Waals surface area contributed by atoms with Crippen molar-refractivity contribution in [3.05, 3.63) is 48.5 Å². The molecule has 4 heteroatoms. The first-order valence-corrected chi connectivity index (χ1v) is 8.59. The van der Waals surface area contributed by atoms with Crippen LogP contribution in [0, 0.1) is 0 Å². The lowest BCUT2D eigenvalue weighted by molar-refractivity contribution is 0.415. The van der Waals surface area contributed by atoms with E-state index in [2.05, 4.69) is 0 Å². The van der Waals surface area contributed by atoms with E-state index in [1.807, 2.05) is 48.5 Å². The number of ether oxygens (including phenoxy) is 1. The molecule has 0 aliphatic heterocycles. The fourth-order valence-corrected chi connectivity index (χ4v) is 2.72. The number of hydrogen-bond donors (Lipinski definition) is 0. The molecule has 1 unspecified atom stereocenters. The second-order valence-corrected chi connectivity index (χ2v) is 8.19. The van der Waals surface area contributed by atoms with Gasteiger partial charge in [-0.15, -0.1) is 0 Å². The van der Waals surface area contributed by atoms with E-state index in [-0.39, 0.29) is 0 Å². The van der Waals surface area contributed by atoms with Crippen LogP contribution in [-0.2, 0) is 4.57 Å². The van der Waals surface area contributed by atoms with Gasteiger partial charge in [-0.3, -0.25) is 0 Å². The largest absolute Gasteiger partial charge is 0.497 e. The minimum Gasteiger partial charge on any atom is -0.497 e. The fourth-order valence-electron chi connectivity index (χ4n) is 1.70. The van der Waals surface area contributed by atoms with Gasteiger partial charge in [-0.25, -0.2) is 0 Å². The maximum Gasteiger partial charge on any atom is 0.194 e. The standard InChI is InChI=1S/C14H14ClO2P/c1-17-13-7-3-11(4-8-13)12-5-9-14(10-6-12)18(2,15)16/h3-10H,1-2H3. The van der Waals surface area contributed by atoms with Crippen LogP contribution in [0.3, 0.4) is 0 Å². The molecule has 0 heterocycles. The molecule has 2 rings (SSSR count). The Hall–Kier alpha value is -1.24. The monoisotopic (exact) mass is 280 g/mol. The second kappa shape index (κ2) is 5.17. The van der Waals surface area contributed by atoms with Gasteiger partial charge < -0.3 is 9.30 Å². The Labute approximate surface area is 112 Å². The van der Waals surface area contributed by atoms with Crippen LogP contribution < -0.4 is 10.0 Å². The normalized spacial score (nSPS) is 13.9. The van der Waals surface area contributed by atoms with Crippen LogP contribution in [0.5, 0.6) is 5.75 Å². The quantitative estimate of drug-likeness (QED) is 0.790. The molecule has 0 aromatic heterocycles. The van der Waals surface area contributed by atoms with Crippen molar-refractivity contribution in [2.75, 3.05) is 13.8 Å². The van der Waals surface area contributed by atoms with Crippen LogP contribution in [0.1, 0.15) is 0 Å². The molecule has 2 aromatic carbocycles. The fraction of sp³-hybridized carbons (Fsp3) is 0.143. The zero-order valence-electron chi connectivity index (χ0n) is 10.3. The summed E-state index contributed by atoms with van der Waals surface area (Å²) in [4.78, 5) is 0. The molecule has 0 radical (unpaired) electrons. The molecule has 1 atom stereocenters. The van der Waals surface area contributed by atoms with Gasteiger partial charge in [0.05, 0.1) is 7.11 Å². The molecule has 2 aromatic rings. The highest BCUT2D eigenvalue weighted by atomic mass is 35.7. The molecule has 0 saturated carbocycles. The minimum absolute atomic E-state index is 0.682. The van der Waals surface area contributed by atoms with Gasteiger partial charge in [0.2, 0.25) is 0 Å². The molecule has 0 amide bonds. The summed E-state index contributed by atoms with van der Waals surface area (Å²) in [6.07, 6.45) is 0. The minimum atomic E-state index is -2.69. The maximum atomic E-state index is 11.7. The lowest BCUT2D eigenvalue weighted by Crippen LogP contribution is -1.98. The van der Waals surface area contributed by atoms with Crippen molar-refractivity contribution >= 4 is 23.0 Å². The SMILES string of the molecule is COc1ccc(-c2ccc(P(C)(=O)Cl)cc2)cc1. The van der Waals surface area contributed by atoms with E-state index >= 15 is 0 Å². The molecule has 0 fully saturated rings. The topological polar surface area (TPSA) is 26.3 Å². The van der Waals surface area contributed by atoms with Crippen molar-refractivity contribution in [2.24, 2.45) is 0 Å². The number of hydrogen-bond acceptors (Lipinski definition) is 2. The van der Waals surface area contributed by atoms with E-state index in [1.54, 1.807) is 13.8 Å². The molecule has 18 heavy (non-hydrogen) atoms. The van der Waals surface area contributed by atoms with Crippen molar-refractivity contribution in [2.45, 2.75) is 0 Å². The molecule has 94 valence electrons. The van der Waals surface area contributed by atoms with Crippen LogP contribution in [0.4, 0.5) is 0 Å². The van der Waals surface area contributed by atoms with Crippen molar-refractivity contribution < 1.29 is 9.30 Å². The first-order chi connectivity index (χ1) is 8.50. The Morgan fingerprint density at radius 2 is 1.39 bits per heavy atom. The molecule has 0 saturated heterocycles. The first kappa shape index (κ1) is 13.2. The third-order valence-electron chi connectivity index (χ3n) is 2.75. The number of rotatable bonds is 3. The molecular formula is C14H14ClO2P. The molecule has 0 spiro atoms.